The van der Waals surface area contributed by atoms with Gasteiger partial charge in [-0.05, 0) is 56.5 Å². The third-order valence-corrected chi connectivity index (χ3v) is 4.46. The van der Waals surface area contributed by atoms with Crippen LogP contribution in [0.2, 0.25) is 0 Å². The number of aliphatic hydroxyl groups is 1. The first-order valence-corrected chi connectivity index (χ1v) is 8.09. The van der Waals surface area contributed by atoms with E-state index in [1.807, 2.05) is 44.5 Å². The number of carbonyl (C=O) groups excluding carboxylic acids is 1. The zero-order valence-corrected chi connectivity index (χ0v) is 13.8. The van der Waals surface area contributed by atoms with Crippen molar-refractivity contribution in [2.75, 3.05) is 6.54 Å². The van der Waals surface area contributed by atoms with Gasteiger partial charge in [0.15, 0.2) is 0 Å². The van der Waals surface area contributed by atoms with Crippen molar-refractivity contribution < 1.29 is 14.6 Å². The number of urea groups is 1. The molecular weight excluding hydrogens is 288 g/mol. The molecule has 6 heteroatoms. The average Bonchev–Trinajstić information content (AvgIpc) is 2.93. The quantitative estimate of drug-likeness (QED) is 0.799. The van der Waals surface area contributed by atoms with Gasteiger partial charge < -0.3 is 20.5 Å². The van der Waals surface area contributed by atoms with Crippen molar-refractivity contribution in [2.24, 2.45) is 0 Å². The van der Waals surface area contributed by atoms with Crippen LogP contribution < -0.4 is 10.6 Å². The van der Waals surface area contributed by atoms with Gasteiger partial charge in [-0.25, -0.2) is 4.79 Å². The summed E-state index contributed by atoms with van der Waals surface area (Å²) < 4.78 is 5.94. The molecule has 0 radical (unpaired) electrons. The van der Waals surface area contributed by atoms with Gasteiger partial charge in [0.25, 0.3) is 0 Å². The first-order chi connectivity index (χ1) is 9.70. The number of thiophene rings is 1. The first-order valence-electron chi connectivity index (χ1n) is 7.14. The second-order valence-electron chi connectivity index (χ2n) is 6.65. The number of rotatable bonds is 4. The van der Waals surface area contributed by atoms with Crippen molar-refractivity contribution in [3.8, 4) is 0 Å². The molecule has 0 saturated carbocycles. The molecule has 0 aliphatic carbocycles. The maximum absolute atomic E-state index is 12.0. The standard InChI is InChI=1S/C15H24N2O3S/c1-14(2)7-12(15(3,4)20-14)17-13(19)16-8-11(18)10-5-6-21-9-10/h5-6,9,11-12,18H,7-8H2,1-4H3,(H2,16,17,19). The highest BCUT2D eigenvalue weighted by Crippen LogP contribution is 2.37. The minimum atomic E-state index is -0.675. The summed E-state index contributed by atoms with van der Waals surface area (Å²) in [5.74, 6) is 0. The number of aliphatic hydroxyl groups excluding tert-OH is 1. The SMILES string of the molecule is CC1(C)CC(NC(=O)NCC(O)c2ccsc2)C(C)(C)O1. The molecule has 2 amide bonds. The molecule has 21 heavy (non-hydrogen) atoms. The van der Waals surface area contributed by atoms with Gasteiger partial charge in [0, 0.05) is 6.54 Å². The third kappa shape index (κ3) is 4.18. The Morgan fingerprint density at radius 2 is 2.24 bits per heavy atom. The summed E-state index contributed by atoms with van der Waals surface area (Å²) in [5.41, 5.74) is 0.190. The summed E-state index contributed by atoms with van der Waals surface area (Å²) in [6.07, 6.45) is 0.0896. The second-order valence-corrected chi connectivity index (χ2v) is 7.43. The Hall–Kier alpha value is -1.11. The van der Waals surface area contributed by atoms with E-state index in [1.54, 1.807) is 0 Å². The van der Waals surface area contributed by atoms with E-state index in [1.165, 1.54) is 11.3 Å². The van der Waals surface area contributed by atoms with Crippen LogP contribution in [-0.4, -0.2) is 34.9 Å². The van der Waals surface area contributed by atoms with Gasteiger partial charge in [-0.15, -0.1) is 0 Å². The lowest BCUT2D eigenvalue weighted by atomic mass is 9.95. The van der Waals surface area contributed by atoms with Gasteiger partial charge in [-0.2, -0.15) is 11.3 Å². The fraction of sp³-hybridized carbons (Fsp3) is 0.667. The Bertz CT molecular complexity index is 485. The minimum Gasteiger partial charge on any atom is -0.387 e. The lowest BCUT2D eigenvalue weighted by molar-refractivity contribution is -0.0690. The number of ether oxygens (including phenoxy) is 1. The normalized spacial score (nSPS) is 24.5. The summed E-state index contributed by atoms with van der Waals surface area (Å²) in [7, 11) is 0. The Kier molecular flexibility index (Phi) is 4.60. The topological polar surface area (TPSA) is 70.6 Å². The van der Waals surface area contributed by atoms with Crippen LogP contribution in [0.1, 0.15) is 45.8 Å². The second kappa shape index (κ2) is 5.94. The van der Waals surface area contributed by atoms with E-state index >= 15 is 0 Å². The Morgan fingerprint density at radius 1 is 1.52 bits per heavy atom. The van der Waals surface area contributed by atoms with Crippen LogP contribution in [0.3, 0.4) is 0 Å². The average molecular weight is 312 g/mol. The summed E-state index contributed by atoms with van der Waals surface area (Å²) in [5, 5.41) is 19.4. The monoisotopic (exact) mass is 312 g/mol. The van der Waals surface area contributed by atoms with Gasteiger partial charge in [0.2, 0.25) is 0 Å². The van der Waals surface area contributed by atoms with E-state index in [0.717, 1.165) is 12.0 Å². The van der Waals surface area contributed by atoms with Crippen LogP contribution >= 0.6 is 11.3 Å². The first kappa shape index (κ1) is 16.3. The van der Waals surface area contributed by atoms with Crippen LogP contribution in [0.15, 0.2) is 16.8 Å². The lowest BCUT2D eigenvalue weighted by Gasteiger charge is -2.27. The molecule has 1 saturated heterocycles. The molecule has 118 valence electrons. The van der Waals surface area contributed by atoms with E-state index < -0.39 is 11.7 Å². The maximum atomic E-state index is 12.0. The molecule has 0 spiro atoms. The van der Waals surface area contributed by atoms with Crippen molar-refractivity contribution in [3.63, 3.8) is 0 Å². The minimum absolute atomic E-state index is 0.0502. The number of amides is 2. The molecule has 1 fully saturated rings. The molecule has 0 bridgehead atoms. The van der Waals surface area contributed by atoms with E-state index in [9.17, 15) is 9.90 Å². The Morgan fingerprint density at radius 3 is 2.76 bits per heavy atom. The highest BCUT2D eigenvalue weighted by molar-refractivity contribution is 7.07. The molecule has 3 N–H and O–H groups in total. The number of hydrogen-bond donors (Lipinski definition) is 3. The zero-order valence-electron chi connectivity index (χ0n) is 13.0. The Labute approximate surface area is 129 Å². The van der Waals surface area contributed by atoms with Gasteiger partial charge in [0.05, 0.1) is 23.3 Å². The van der Waals surface area contributed by atoms with E-state index in [4.69, 9.17) is 4.74 Å². The highest BCUT2D eigenvalue weighted by atomic mass is 32.1. The van der Waals surface area contributed by atoms with Crippen LogP contribution in [0.4, 0.5) is 4.79 Å². The van der Waals surface area contributed by atoms with Crippen molar-refractivity contribution in [1.82, 2.24) is 10.6 Å². The van der Waals surface area contributed by atoms with Crippen LogP contribution in [0, 0.1) is 0 Å². The molecule has 1 aromatic heterocycles. The highest BCUT2D eigenvalue weighted by Gasteiger charge is 2.46. The summed E-state index contributed by atoms with van der Waals surface area (Å²) in [6.45, 7) is 8.20. The molecule has 2 heterocycles. The fourth-order valence-corrected chi connectivity index (χ4v) is 3.48. The largest absolute Gasteiger partial charge is 0.387 e. The molecule has 1 aromatic rings. The molecule has 0 aromatic carbocycles. The lowest BCUT2D eigenvalue weighted by Crippen LogP contribution is -2.50. The van der Waals surface area contributed by atoms with E-state index in [2.05, 4.69) is 10.6 Å². The maximum Gasteiger partial charge on any atom is 0.315 e. The van der Waals surface area contributed by atoms with Crippen LogP contribution in [-0.2, 0) is 4.74 Å². The molecule has 1 aliphatic heterocycles. The Balaban J connectivity index is 1.82. The molecule has 5 nitrogen and oxygen atoms in total. The summed E-state index contributed by atoms with van der Waals surface area (Å²) in [6, 6.07) is 1.53. The van der Waals surface area contributed by atoms with Gasteiger partial charge in [-0.3, -0.25) is 0 Å². The molecule has 2 atom stereocenters. The smallest absolute Gasteiger partial charge is 0.315 e. The molecule has 1 aliphatic rings. The van der Waals surface area contributed by atoms with Crippen molar-refractivity contribution in [2.45, 2.75) is 57.5 Å². The fourth-order valence-electron chi connectivity index (χ4n) is 2.77. The van der Waals surface area contributed by atoms with Crippen molar-refractivity contribution in [3.05, 3.63) is 22.4 Å². The van der Waals surface area contributed by atoms with Crippen molar-refractivity contribution >= 4 is 17.4 Å². The molecule has 2 rings (SSSR count). The predicted octanol–water partition coefficient (Wildman–Crippen LogP) is 2.43. The van der Waals surface area contributed by atoms with Gasteiger partial charge >= 0.3 is 6.03 Å². The zero-order chi connectivity index (χ0) is 15.7. The van der Waals surface area contributed by atoms with Gasteiger partial charge in [0.1, 0.15) is 0 Å². The molecule has 2 unspecified atom stereocenters. The third-order valence-electron chi connectivity index (χ3n) is 3.76. The predicted molar refractivity (Wildman–Crippen MR) is 83.5 cm³/mol. The van der Waals surface area contributed by atoms with E-state index in [0.29, 0.717) is 0 Å². The molecular formula is C15H24N2O3S. The van der Waals surface area contributed by atoms with Crippen molar-refractivity contribution in [1.29, 1.82) is 0 Å². The number of nitrogens with one attached hydrogen (secondary N) is 2. The summed E-state index contributed by atoms with van der Waals surface area (Å²) >= 11 is 1.52. The number of hydrogen-bond acceptors (Lipinski definition) is 4. The van der Waals surface area contributed by atoms with Gasteiger partial charge in [-0.1, -0.05) is 0 Å². The van der Waals surface area contributed by atoms with E-state index in [-0.39, 0.29) is 24.2 Å². The number of carbonyl (C=O) groups is 1. The van der Waals surface area contributed by atoms with Crippen LogP contribution in [0.25, 0.3) is 0 Å². The van der Waals surface area contributed by atoms with Crippen LogP contribution in [0.5, 0.6) is 0 Å². The summed E-state index contributed by atoms with van der Waals surface area (Å²) in [4.78, 5) is 12.0.